The van der Waals surface area contributed by atoms with Crippen LogP contribution in [-0.2, 0) is 73.0 Å². The molecule has 1 aliphatic rings. The van der Waals surface area contributed by atoms with Crippen molar-refractivity contribution < 1.29 is 81.2 Å². The van der Waals surface area contributed by atoms with E-state index in [1.165, 1.54) is 9.13 Å². The quantitative estimate of drug-likeness (QED) is 0.0253. The maximum atomic E-state index is 13.3. The Balaban J connectivity index is 0.894. The number of aliphatic carboxylic acids is 1. The molecular formula is C61H90IN5O17. The first-order chi connectivity index (χ1) is 40.7. The number of unbranched alkanes of at least 4 members (excludes halogenated alkanes) is 2. The zero-order valence-electron chi connectivity index (χ0n) is 49.2. The van der Waals surface area contributed by atoms with E-state index in [2.05, 4.69) is 73.4 Å². The van der Waals surface area contributed by atoms with Crippen LogP contribution in [0.15, 0.2) is 72.8 Å². The van der Waals surface area contributed by atoms with E-state index in [-0.39, 0.29) is 63.5 Å². The molecule has 1 aliphatic carbocycles. The minimum atomic E-state index is -1.10. The third-order valence-electron chi connectivity index (χ3n) is 12.8. The molecule has 0 fully saturated rings. The number of halogens is 1. The third-order valence-corrected chi connectivity index (χ3v) is 13.5. The highest BCUT2D eigenvalue weighted by Crippen LogP contribution is 2.44. The number of carboxylic acid groups (broad SMARTS) is 1. The molecule has 84 heavy (non-hydrogen) atoms. The van der Waals surface area contributed by atoms with Crippen LogP contribution >= 0.6 is 22.6 Å². The van der Waals surface area contributed by atoms with Gasteiger partial charge in [-0.3, -0.25) is 14.4 Å². The fourth-order valence-electron chi connectivity index (χ4n) is 8.62. The average Bonchev–Trinajstić information content (AvgIpc) is 2.45. The van der Waals surface area contributed by atoms with Gasteiger partial charge in [0.2, 0.25) is 17.7 Å². The lowest BCUT2D eigenvalue weighted by atomic mass is 9.98. The number of amides is 5. The zero-order valence-corrected chi connectivity index (χ0v) is 51.4. The number of hydrogen-bond acceptors (Lipinski definition) is 16. The van der Waals surface area contributed by atoms with Crippen LogP contribution in [0.1, 0.15) is 101 Å². The summed E-state index contributed by atoms with van der Waals surface area (Å²) in [5, 5.41) is 23.3. The molecule has 0 aromatic heterocycles. The molecule has 0 saturated heterocycles. The minimum absolute atomic E-state index is 0.0240. The van der Waals surface area contributed by atoms with Gasteiger partial charge in [-0.2, -0.15) is 0 Å². The molecule has 22 nitrogen and oxygen atoms in total. The smallest absolute Gasteiger partial charge is 0.407 e. The Morgan fingerprint density at radius 1 is 0.500 bits per heavy atom. The summed E-state index contributed by atoms with van der Waals surface area (Å²) in [6, 6.07) is 22.5. The standard InChI is InChI=1S/C61H90IN5O17/c1-61(2,3)84-59(73)65-27-11-8-18-53(67-60(74)83-45-52-50-16-6-4-14-48(50)49-15-5-7-17-51(49)52)57(70)64-28-30-76-32-34-78-36-38-80-40-42-82-44-43-81-41-39-79-37-35-77-33-31-75-29-25-56(69)66-54(58(71)72)19-9-10-26-63-55(68)20-12-13-46-21-23-47(62)24-22-46/h4-7,14-17,21-24,52-54H,8-13,18-20,25-45H2,1-3H3,(H,63,68)(H,64,70)(H,65,73)(H,66,69)(H,67,74)(H,71,72)/t53?,54-/m0/s1. The Labute approximate surface area is 508 Å². The van der Waals surface area contributed by atoms with E-state index in [0.717, 1.165) is 35.1 Å². The van der Waals surface area contributed by atoms with Gasteiger partial charge in [-0.15, -0.1) is 0 Å². The molecule has 0 spiro atoms. The summed E-state index contributed by atoms with van der Waals surface area (Å²) in [4.78, 5) is 74.7. The van der Waals surface area contributed by atoms with Gasteiger partial charge >= 0.3 is 18.2 Å². The number of carbonyl (C=O) groups excluding carboxylic acids is 5. The number of rotatable bonds is 47. The Hall–Kier alpha value is -5.51. The fourth-order valence-corrected chi connectivity index (χ4v) is 8.98. The number of fused-ring (bicyclic) bond motifs is 3. The molecule has 2 atom stereocenters. The van der Waals surface area contributed by atoms with Crippen molar-refractivity contribution in [3.05, 3.63) is 93.1 Å². The van der Waals surface area contributed by atoms with E-state index in [9.17, 15) is 33.9 Å². The highest BCUT2D eigenvalue weighted by molar-refractivity contribution is 14.1. The number of carbonyl (C=O) groups is 6. The largest absolute Gasteiger partial charge is 0.480 e. The molecule has 0 aliphatic heterocycles. The topological polar surface area (TPSA) is 275 Å². The van der Waals surface area contributed by atoms with Crippen LogP contribution in [0.5, 0.6) is 0 Å². The Kier molecular flexibility index (Phi) is 36.5. The van der Waals surface area contributed by atoms with Crippen molar-refractivity contribution in [1.29, 1.82) is 0 Å². The van der Waals surface area contributed by atoms with Crippen molar-refractivity contribution in [3.8, 4) is 11.1 Å². The molecule has 0 heterocycles. The molecule has 3 aromatic carbocycles. The zero-order chi connectivity index (χ0) is 60.5. The Morgan fingerprint density at radius 3 is 1.49 bits per heavy atom. The summed E-state index contributed by atoms with van der Waals surface area (Å²) in [6.45, 7) is 12.1. The van der Waals surface area contributed by atoms with Crippen molar-refractivity contribution >= 4 is 58.5 Å². The molecule has 6 N–H and O–H groups in total. The van der Waals surface area contributed by atoms with Crippen molar-refractivity contribution in [3.63, 3.8) is 0 Å². The monoisotopic (exact) mass is 1290 g/mol. The molecule has 3 aromatic rings. The average molecular weight is 1290 g/mol. The van der Waals surface area contributed by atoms with Crippen molar-refractivity contribution in [1.82, 2.24) is 26.6 Å². The summed E-state index contributed by atoms with van der Waals surface area (Å²) in [6.07, 6.45) is 3.67. The first-order valence-electron chi connectivity index (χ1n) is 29.2. The summed E-state index contributed by atoms with van der Waals surface area (Å²) in [7, 11) is 0. The summed E-state index contributed by atoms with van der Waals surface area (Å²) in [5.74, 6) is -2.03. The highest BCUT2D eigenvalue weighted by atomic mass is 127. The second kappa shape index (κ2) is 43.2. The van der Waals surface area contributed by atoms with E-state index in [1.54, 1.807) is 20.8 Å². The minimum Gasteiger partial charge on any atom is -0.480 e. The first-order valence-corrected chi connectivity index (χ1v) is 30.3. The van der Waals surface area contributed by atoms with E-state index in [0.29, 0.717) is 138 Å². The fraction of sp³-hybridized carbons (Fsp3) is 0.607. The van der Waals surface area contributed by atoms with Gasteiger partial charge in [-0.05, 0) is 135 Å². The molecular weight excluding hydrogens is 1200 g/mol. The molecule has 0 radical (unpaired) electrons. The number of hydrogen-bond donors (Lipinski definition) is 6. The van der Waals surface area contributed by atoms with Crippen molar-refractivity contribution in [2.75, 3.05) is 132 Å². The maximum Gasteiger partial charge on any atom is 0.407 e. The highest BCUT2D eigenvalue weighted by Gasteiger charge is 2.30. The number of aryl methyl sites for hydroxylation is 1. The molecule has 4 rings (SSSR count). The summed E-state index contributed by atoms with van der Waals surface area (Å²) < 4.78 is 56.5. The predicted octanol–water partition coefficient (Wildman–Crippen LogP) is 6.71. The van der Waals surface area contributed by atoms with E-state index < -0.39 is 41.7 Å². The van der Waals surface area contributed by atoms with E-state index >= 15 is 0 Å². The second-order valence-electron chi connectivity index (χ2n) is 20.7. The van der Waals surface area contributed by atoms with Gasteiger partial charge < -0.3 is 79.1 Å². The van der Waals surface area contributed by atoms with Crippen LogP contribution < -0.4 is 26.6 Å². The van der Waals surface area contributed by atoms with Crippen LogP contribution in [-0.4, -0.2) is 191 Å². The van der Waals surface area contributed by atoms with Crippen LogP contribution in [0.3, 0.4) is 0 Å². The Morgan fingerprint density at radius 2 is 0.976 bits per heavy atom. The first kappa shape index (κ1) is 71.0. The van der Waals surface area contributed by atoms with E-state index in [1.807, 2.05) is 48.5 Å². The number of nitrogens with one attached hydrogen (secondary N) is 5. The summed E-state index contributed by atoms with van der Waals surface area (Å²) >= 11 is 2.26. The lowest BCUT2D eigenvalue weighted by Crippen LogP contribution is -2.47. The van der Waals surface area contributed by atoms with Gasteiger partial charge in [0.1, 0.15) is 24.3 Å². The molecule has 0 saturated carbocycles. The lowest BCUT2D eigenvalue weighted by Gasteiger charge is -2.21. The molecule has 468 valence electrons. The molecule has 5 amide bonds. The second-order valence-corrected chi connectivity index (χ2v) is 21.9. The molecule has 1 unspecified atom stereocenters. The maximum absolute atomic E-state index is 13.3. The molecule has 0 bridgehead atoms. The normalized spacial score (nSPS) is 12.6. The number of benzene rings is 3. The van der Waals surface area contributed by atoms with Crippen molar-refractivity contribution in [2.24, 2.45) is 0 Å². The van der Waals surface area contributed by atoms with E-state index in [4.69, 9.17) is 47.4 Å². The number of ether oxygens (including phenoxy) is 10. The number of carboxylic acids is 1. The van der Waals surface area contributed by atoms with Crippen LogP contribution in [0, 0.1) is 3.57 Å². The van der Waals surface area contributed by atoms with Crippen LogP contribution in [0.2, 0.25) is 0 Å². The summed E-state index contributed by atoms with van der Waals surface area (Å²) in [5.41, 5.74) is 4.98. The van der Waals surface area contributed by atoms with Gasteiger partial charge in [-0.25, -0.2) is 14.4 Å². The van der Waals surface area contributed by atoms with Gasteiger partial charge in [0.05, 0.1) is 106 Å². The van der Waals surface area contributed by atoms with Gasteiger partial charge in [0.25, 0.3) is 0 Å². The molecule has 23 heteroatoms. The van der Waals surface area contributed by atoms with Gasteiger partial charge in [-0.1, -0.05) is 60.7 Å². The lowest BCUT2D eigenvalue weighted by molar-refractivity contribution is -0.142. The predicted molar refractivity (Wildman–Crippen MR) is 323 cm³/mol. The van der Waals surface area contributed by atoms with Crippen LogP contribution in [0.25, 0.3) is 11.1 Å². The Bertz CT molecular complexity index is 2310. The SMILES string of the molecule is CC(C)(C)OC(=O)NCCCCC(NC(=O)OCC1c2ccccc2-c2ccccc21)C(=O)NCCOCCOCCOCCOCCOCCOCCOCCOCCC(=O)N[C@@H](CCCCNC(=O)CCCc1ccc(I)cc1)C(=O)O. The number of alkyl carbamates (subject to hydrolysis) is 2. The van der Waals surface area contributed by atoms with Crippen molar-refractivity contribution in [2.45, 2.75) is 109 Å². The van der Waals surface area contributed by atoms with Crippen LogP contribution in [0.4, 0.5) is 9.59 Å². The van der Waals surface area contributed by atoms with Gasteiger partial charge in [0, 0.05) is 42.0 Å². The van der Waals surface area contributed by atoms with Gasteiger partial charge in [0.15, 0.2) is 0 Å². The third kappa shape index (κ3) is 32.1.